The van der Waals surface area contributed by atoms with Crippen LogP contribution in [0.15, 0.2) is 24.3 Å². The first-order valence-electron chi connectivity index (χ1n) is 6.86. The molecule has 1 atom stereocenters. The van der Waals surface area contributed by atoms with E-state index in [-0.39, 0.29) is 24.3 Å². The summed E-state index contributed by atoms with van der Waals surface area (Å²) in [7, 11) is 1.63. The summed E-state index contributed by atoms with van der Waals surface area (Å²) in [6.07, 6.45) is 1.07. The number of carbonyl (C=O) groups is 2. The Bertz CT molecular complexity index is 476. The van der Waals surface area contributed by atoms with Gasteiger partial charge in [0.25, 0.3) is 0 Å². The number of benzene rings is 1. The quantitative estimate of drug-likeness (QED) is 0.811. The van der Waals surface area contributed by atoms with Gasteiger partial charge in [-0.15, -0.1) is 0 Å². The van der Waals surface area contributed by atoms with E-state index in [4.69, 9.17) is 5.11 Å². The van der Waals surface area contributed by atoms with Crippen LogP contribution in [0.2, 0.25) is 0 Å². The summed E-state index contributed by atoms with van der Waals surface area (Å²) in [6.45, 7) is 2.26. The molecule has 0 saturated carbocycles. The lowest BCUT2D eigenvalue weighted by atomic mass is 10.1. The summed E-state index contributed by atoms with van der Waals surface area (Å²) in [5.74, 6) is -1.15. The van der Waals surface area contributed by atoms with Gasteiger partial charge in [0.1, 0.15) is 5.82 Å². The highest BCUT2D eigenvalue weighted by atomic mass is 19.1. The summed E-state index contributed by atoms with van der Waals surface area (Å²) in [5, 5.41) is 11.4. The van der Waals surface area contributed by atoms with E-state index in [1.165, 1.54) is 17.0 Å². The van der Waals surface area contributed by atoms with Crippen molar-refractivity contribution in [3.8, 4) is 0 Å². The predicted molar refractivity (Wildman–Crippen MR) is 77.6 cm³/mol. The molecule has 0 aromatic heterocycles. The van der Waals surface area contributed by atoms with Crippen molar-refractivity contribution in [2.24, 2.45) is 0 Å². The molecule has 0 aliphatic carbocycles. The number of amides is 2. The van der Waals surface area contributed by atoms with Crippen LogP contribution in [0, 0.1) is 5.82 Å². The fourth-order valence-corrected chi connectivity index (χ4v) is 1.92. The molecular formula is C15H21FN2O3. The molecule has 0 saturated heterocycles. The molecule has 1 aromatic rings. The number of carbonyl (C=O) groups excluding carboxylic acids is 1. The van der Waals surface area contributed by atoms with Gasteiger partial charge in [-0.25, -0.2) is 9.18 Å². The maximum Gasteiger partial charge on any atom is 0.317 e. The molecule has 0 aliphatic rings. The largest absolute Gasteiger partial charge is 0.481 e. The number of carboxylic acids is 1. The number of nitrogens with one attached hydrogen (secondary N) is 1. The molecular weight excluding hydrogens is 275 g/mol. The maximum atomic E-state index is 12.8. The van der Waals surface area contributed by atoms with E-state index >= 15 is 0 Å². The van der Waals surface area contributed by atoms with Crippen LogP contribution in [0.4, 0.5) is 9.18 Å². The maximum absolute atomic E-state index is 12.8. The normalized spacial score (nSPS) is 11.8. The van der Waals surface area contributed by atoms with Gasteiger partial charge >= 0.3 is 12.0 Å². The lowest BCUT2D eigenvalue weighted by Gasteiger charge is -2.21. The molecule has 0 bridgehead atoms. The van der Waals surface area contributed by atoms with E-state index in [0.29, 0.717) is 19.4 Å². The second-order valence-electron chi connectivity index (χ2n) is 5.10. The van der Waals surface area contributed by atoms with Crippen molar-refractivity contribution in [1.29, 1.82) is 0 Å². The van der Waals surface area contributed by atoms with E-state index in [9.17, 15) is 14.0 Å². The number of nitrogens with zero attached hydrogens (tertiary/aromatic N) is 1. The number of hydrogen-bond acceptors (Lipinski definition) is 2. The highest BCUT2D eigenvalue weighted by molar-refractivity contribution is 5.74. The second-order valence-corrected chi connectivity index (χ2v) is 5.10. The zero-order valence-corrected chi connectivity index (χ0v) is 12.3. The van der Waals surface area contributed by atoms with Gasteiger partial charge in [0, 0.05) is 26.1 Å². The Hall–Kier alpha value is -2.11. The van der Waals surface area contributed by atoms with Gasteiger partial charge in [-0.05, 0) is 37.5 Å². The van der Waals surface area contributed by atoms with Gasteiger partial charge in [-0.3, -0.25) is 4.79 Å². The number of aliphatic carboxylic acids is 1. The smallest absolute Gasteiger partial charge is 0.317 e. The number of carboxylic acid groups (broad SMARTS) is 1. The Balaban J connectivity index is 2.35. The molecule has 0 aliphatic heterocycles. The third kappa shape index (κ3) is 6.74. The SMILES string of the molecule is CC(Cc1ccc(F)cc1)NC(=O)N(C)CCCC(=O)O. The third-order valence-electron chi connectivity index (χ3n) is 3.06. The van der Waals surface area contributed by atoms with Gasteiger partial charge in [-0.1, -0.05) is 12.1 Å². The van der Waals surface area contributed by atoms with Crippen molar-refractivity contribution in [2.75, 3.05) is 13.6 Å². The van der Waals surface area contributed by atoms with Crippen LogP contribution >= 0.6 is 0 Å². The second kappa shape index (κ2) is 8.24. The molecule has 1 unspecified atom stereocenters. The Kier molecular flexibility index (Phi) is 6.65. The Morgan fingerprint density at radius 1 is 1.33 bits per heavy atom. The van der Waals surface area contributed by atoms with Crippen LogP contribution in [0.25, 0.3) is 0 Å². The highest BCUT2D eigenvalue weighted by Gasteiger charge is 2.12. The highest BCUT2D eigenvalue weighted by Crippen LogP contribution is 2.06. The first kappa shape index (κ1) is 16.9. The topological polar surface area (TPSA) is 69.6 Å². The monoisotopic (exact) mass is 296 g/mol. The first-order chi connectivity index (χ1) is 9.88. The number of rotatable bonds is 7. The van der Waals surface area contributed by atoms with Crippen molar-refractivity contribution >= 4 is 12.0 Å². The van der Waals surface area contributed by atoms with E-state index in [1.807, 2.05) is 6.92 Å². The minimum absolute atomic E-state index is 0.0444. The summed E-state index contributed by atoms with van der Waals surface area (Å²) in [5.41, 5.74) is 0.942. The molecule has 2 amide bonds. The number of hydrogen-bond donors (Lipinski definition) is 2. The fraction of sp³-hybridized carbons (Fsp3) is 0.467. The molecule has 116 valence electrons. The minimum Gasteiger partial charge on any atom is -0.481 e. The van der Waals surface area contributed by atoms with Crippen LogP contribution in [-0.2, 0) is 11.2 Å². The Labute approximate surface area is 123 Å². The molecule has 21 heavy (non-hydrogen) atoms. The van der Waals surface area contributed by atoms with Crippen LogP contribution in [0.1, 0.15) is 25.3 Å². The molecule has 0 spiro atoms. The van der Waals surface area contributed by atoms with Crippen molar-refractivity contribution in [3.63, 3.8) is 0 Å². The number of halogens is 1. The summed E-state index contributed by atoms with van der Waals surface area (Å²) in [6, 6.07) is 5.83. The van der Waals surface area contributed by atoms with E-state index in [2.05, 4.69) is 5.32 Å². The molecule has 5 nitrogen and oxygen atoms in total. The summed E-state index contributed by atoms with van der Waals surface area (Å²) in [4.78, 5) is 23.8. The molecule has 0 heterocycles. The van der Waals surface area contributed by atoms with Gasteiger partial charge in [0.05, 0.1) is 0 Å². The molecule has 1 aromatic carbocycles. The van der Waals surface area contributed by atoms with Gasteiger partial charge in [0.15, 0.2) is 0 Å². The van der Waals surface area contributed by atoms with Gasteiger partial charge in [0.2, 0.25) is 0 Å². The fourth-order valence-electron chi connectivity index (χ4n) is 1.92. The Morgan fingerprint density at radius 2 is 1.95 bits per heavy atom. The predicted octanol–water partition coefficient (Wildman–Crippen LogP) is 2.26. The van der Waals surface area contributed by atoms with E-state index in [1.54, 1.807) is 19.2 Å². The zero-order valence-electron chi connectivity index (χ0n) is 12.3. The van der Waals surface area contributed by atoms with Crippen LogP contribution in [0.5, 0.6) is 0 Å². The number of urea groups is 1. The van der Waals surface area contributed by atoms with Crippen molar-refractivity contribution < 1.29 is 19.1 Å². The van der Waals surface area contributed by atoms with Gasteiger partial charge < -0.3 is 15.3 Å². The van der Waals surface area contributed by atoms with Crippen molar-refractivity contribution in [2.45, 2.75) is 32.2 Å². The Morgan fingerprint density at radius 3 is 2.52 bits per heavy atom. The van der Waals surface area contributed by atoms with Crippen molar-refractivity contribution in [3.05, 3.63) is 35.6 Å². The van der Waals surface area contributed by atoms with Crippen LogP contribution < -0.4 is 5.32 Å². The first-order valence-corrected chi connectivity index (χ1v) is 6.86. The summed E-state index contributed by atoms with van der Waals surface area (Å²) >= 11 is 0. The van der Waals surface area contributed by atoms with Crippen LogP contribution in [-0.4, -0.2) is 41.6 Å². The summed E-state index contributed by atoms with van der Waals surface area (Å²) < 4.78 is 12.8. The van der Waals surface area contributed by atoms with Gasteiger partial charge in [-0.2, -0.15) is 0 Å². The average Bonchev–Trinajstić information content (AvgIpc) is 2.40. The zero-order chi connectivity index (χ0) is 15.8. The van der Waals surface area contributed by atoms with Crippen molar-refractivity contribution in [1.82, 2.24) is 10.2 Å². The van der Waals surface area contributed by atoms with E-state index in [0.717, 1.165) is 5.56 Å². The molecule has 1 rings (SSSR count). The molecule has 0 radical (unpaired) electrons. The lowest BCUT2D eigenvalue weighted by Crippen LogP contribution is -2.43. The molecule has 0 fully saturated rings. The lowest BCUT2D eigenvalue weighted by molar-refractivity contribution is -0.137. The average molecular weight is 296 g/mol. The third-order valence-corrected chi connectivity index (χ3v) is 3.06. The minimum atomic E-state index is -0.867. The van der Waals surface area contributed by atoms with Crippen LogP contribution in [0.3, 0.4) is 0 Å². The molecule has 6 heteroatoms. The van der Waals surface area contributed by atoms with E-state index < -0.39 is 5.97 Å². The standard InChI is InChI=1S/C15H21FN2O3/c1-11(10-12-5-7-13(16)8-6-12)17-15(21)18(2)9-3-4-14(19)20/h5-8,11H,3-4,9-10H2,1-2H3,(H,17,21)(H,19,20). The molecule has 2 N–H and O–H groups in total.